The topological polar surface area (TPSA) is 69.6 Å². The van der Waals surface area contributed by atoms with E-state index < -0.39 is 0 Å². The van der Waals surface area contributed by atoms with Crippen molar-refractivity contribution in [2.75, 3.05) is 5.73 Å². The lowest BCUT2D eigenvalue weighted by Crippen LogP contribution is -1.99. The molecule has 5 heteroatoms. The summed E-state index contributed by atoms with van der Waals surface area (Å²) >= 11 is 0. The van der Waals surface area contributed by atoms with Gasteiger partial charge in [0.2, 0.25) is 0 Å². The lowest BCUT2D eigenvalue weighted by atomic mass is 10.1. The zero-order chi connectivity index (χ0) is 14.1. The van der Waals surface area contributed by atoms with Crippen LogP contribution in [0.2, 0.25) is 0 Å². The Morgan fingerprint density at radius 3 is 2.50 bits per heavy atom. The zero-order valence-corrected chi connectivity index (χ0v) is 11.4. The van der Waals surface area contributed by atoms with Crippen molar-refractivity contribution in [3.8, 4) is 22.6 Å². The number of hydrogen-bond acceptors (Lipinski definition) is 4. The van der Waals surface area contributed by atoms with Gasteiger partial charge in [-0.1, -0.05) is 30.3 Å². The van der Waals surface area contributed by atoms with Gasteiger partial charge in [0.05, 0.1) is 17.5 Å². The van der Waals surface area contributed by atoms with E-state index in [9.17, 15) is 0 Å². The quantitative estimate of drug-likeness (QED) is 0.772. The van der Waals surface area contributed by atoms with Crippen LogP contribution in [0.4, 0.5) is 5.82 Å². The molecule has 3 aromatic rings. The predicted octanol–water partition coefficient (Wildman–Crippen LogP) is 2.43. The van der Waals surface area contributed by atoms with Gasteiger partial charge in [0.1, 0.15) is 5.82 Å². The number of hydrogen-bond donors (Lipinski definition) is 1. The molecular weight excluding hydrogens is 250 g/mol. The molecule has 0 saturated carbocycles. The Morgan fingerprint density at radius 1 is 1.10 bits per heavy atom. The van der Waals surface area contributed by atoms with Gasteiger partial charge in [-0.05, 0) is 6.92 Å². The minimum atomic E-state index is 0.456. The minimum absolute atomic E-state index is 0.456. The Hall–Kier alpha value is -2.69. The summed E-state index contributed by atoms with van der Waals surface area (Å²) < 4.78 is 1.80. The minimum Gasteiger partial charge on any atom is -0.384 e. The van der Waals surface area contributed by atoms with E-state index in [0.29, 0.717) is 11.6 Å². The highest BCUT2D eigenvalue weighted by Crippen LogP contribution is 2.24. The highest BCUT2D eigenvalue weighted by molar-refractivity contribution is 5.67. The van der Waals surface area contributed by atoms with E-state index >= 15 is 0 Å². The van der Waals surface area contributed by atoms with Gasteiger partial charge in [0.25, 0.3) is 0 Å². The van der Waals surface area contributed by atoms with Gasteiger partial charge >= 0.3 is 0 Å². The molecule has 0 aliphatic carbocycles. The molecule has 0 saturated heterocycles. The molecule has 100 valence electrons. The third-order valence-electron chi connectivity index (χ3n) is 3.29. The average Bonchev–Trinajstić information content (AvgIpc) is 2.79. The number of nitrogen functional groups attached to an aromatic ring is 1. The Labute approximate surface area is 117 Å². The first-order chi connectivity index (χ1) is 9.65. The van der Waals surface area contributed by atoms with Gasteiger partial charge in [0.15, 0.2) is 5.82 Å². The van der Waals surface area contributed by atoms with Crippen molar-refractivity contribution in [1.29, 1.82) is 0 Å². The second-order valence-corrected chi connectivity index (χ2v) is 4.63. The van der Waals surface area contributed by atoms with Gasteiger partial charge in [-0.15, -0.1) is 0 Å². The summed E-state index contributed by atoms with van der Waals surface area (Å²) in [5.74, 6) is 1.06. The Kier molecular flexibility index (Phi) is 2.95. The monoisotopic (exact) mass is 265 g/mol. The fourth-order valence-corrected chi connectivity index (χ4v) is 2.06. The van der Waals surface area contributed by atoms with Gasteiger partial charge in [-0.25, -0.2) is 9.97 Å². The molecular formula is C15H15N5. The number of anilines is 1. The van der Waals surface area contributed by atoms with Gasteiger partial charge in [-0.3, -0.25) is 4.68 Å². The molecule has 1 aromatic carbocycles. The molecule has 0 spiro atoms. The van der Waals surface area contributed by atoms with E-state index in [4.69, 9.17) is 5.73 Å². The first-order valence-corrected chi connectivity index (χ1v) is 6.34. The van der Waals surface area contributed by atoms with Gasteiger partial charge in [0, 0.05) is 24.4 Å². The van der Waals surface area contributed by atoms with E-state index in [1.54, 1.807) is 16.9 Å². The number of rotatable bonds is 2. The maximum atomic E-state index is 5.91. The summed E-state index contributed by atoms with van der Waals surface area (Å²) in [6.07, 6.45) is 1.76. The number of nitrogens with two attached hydrogens (primary N) is 1. The summed E-state index contributed by atoms with van der Waals surface area (Å²) in [6.45, 7) is 1.98. The number of aryl methyl sites for hydroxylation is 1. The molecule has 0 amide bonds. The lowest BCUT2D eigenvalue weighted by molar-refractivity contribution is 0.740. The van der Waals surface area contributed by atoms with Crippen molar-refractivity contribution < 1.29 is 0 Å². The molecule has 0 radical (unpaired) electrons. The summed E-state index contributed by atoms with van der Waals surface area (Å²) in [5, 5.41) is 4.22. The Balaban J connectivity index is 2.15. The van der Waals surface area contributed by atoms with E-state index in [0.717, 1.165) is 22.5 Å². The standard InChI is InChI=1S/C15H15N5/c1-10-12(9-17-20(10)2)15-18-13(8-14(16)19-15)11-6-4-3-5-7-11/h3-9H,1-2H3,(H2,16,18,19). The van der Waals surface area contributed by atoms with Crippen LogP contribution in [0.1, 0.15) is 5.69 Å². The van der Waals surface area contributed by atoms with Crippen LogP contribution < -0.4 is 5.73 Å². The maximum Gasteiger partial charge on any atom is 0.165 e. The third-order valence-corrected chi connectivity index (χ3v) is 3.29. The maximum absolute atomic E-state index is 5.91. The second kappa shape index (κ2) is 4.77. The molecule has 0 atom stereocenters. The zero-order valence-electron chi connectivity index (χ0n) is 11.4. The third kappa shape index (κ3) is 2.14. The van der Waals surface area contributed by atoms with Gasteiger partial charge < -0.3 is 5.73 Å². The first-order valence-electron chi connectivity index (χ1n) is 6.34. The van der Waals surface area contributed by atoms with Crippen molar-refractivity contribution in [3.05, 3.63) is 48.3 Å². The van der Waals surface area contributed by atoms with Crippen LogP contribution in [-0.4, -0.2) is 19.7 Å². The fourth-order valence-electron chi connectivity index (χ4n) is 2.06. The van der Waals surface area contributed by atoms with Crippen molar-refractivity contribution in [1.82, 2.24) is 19.7 Å². The summed E-state index contributed by atoms with van der Waals surface area (Å²) in [4.78, 5) is 8.92. The predicted molar refractivity (Wildman–Crippen MR) is 78.8 cm³/mol. The van der Waals surface area contributed by atoms with Crippen molar-refractivity contribution >= 4 is 5.82 Å². The van der Waals surface area contributed by atoms with E-state index in [1.807, 2.05) is 44.3 Å². The lowest BCUT2D eigenvalue weighted by Gasteiger charge is -2.06. The summed E-state index contributed by atoms with van der Waals surface area (Å²) in [6, 6.07) is 11.7. The van der Waals surface area contributed by atoms with Crippen molar-refractivity contribution in [2.45, 2.75) is 6.92 Å². The summed E-state index contributed by atoms with van der Waals surface area (Å²) in [7, 11) is 1.89. The van der Waals surface area contributed by atoms with E-state index in [-0.39, 0.29) is 0 Å². The Morgan fingerprint density at radius 2 is 1.85 bits per heavy atom. The molecule has 0 aliphatic heterocycles. The molecule has 20 heavy (non-hydrogen) atoms. The first kappa shape index (κ1) is 12.3. The van der Waals surface area contributed by atoms with Crippen LogP contribution in [0.15, 0.2) is 42.6 Å². The van der Waals surface area contributed by atoms with Crippen LogP contribution in [0, 0.1) is 6.92 Å². The van der Waals surface area contributed by atoms with Gasteiger partial charge in [-0.2, -0.15) is 5.10 Å². The molecule has 2 aromatic heterocycles. The molecule has 0 aliphatic rings. The van der Waals surface area contributed by atoms with Crippen molar-refractivity contribution in [3.63, 3.8) is 0 Å². The largest absolute Gasteiger partial charge is 0.384 e. The molecule has 5 nitrogen and oxygen atoms in total. The number of nitrogens with zero attached hydrogens (tertiary/aromatic N) is 4. The Bertz CT molecular complexity index is 746. The second-order valence-electron chi connectivity index (χ2n) is 4.63. The highest BCUT2D eigenvalue weighted by Gasteiger charge is 2.12. The van der Waals surface area contributed by atoms with Crippen LogP contribution >= 0.6 is 0 Å². The van der Waals surface area contributed by atoms with Crippen LogP contribution in [0.25, 0.3) is 22.6 Å². The van der Waals surface area contributed by atoms with Crippen LogP contribution in [0.5, 0.6) is 0 Å². The van der Waals surface area contributed by atoms with Crippen LogP contribution in [-0.2, 0) is 7.05 Å². The van der Waals surface area contributed by atoms with E-state index in [1.165, 1.54) is 0 Å². The molecule has 0 fully saturated rings. The molecule has 2 heterocycles. The van der Waals surface area contributed by atoms with Crippen LogP contribution in [0.3, 0.4) is 0 Å². The smallest absolute Gasteiger partial charge is 0.165 e. The molecule has 0 bridgehead atoms. The number of aromatic nitrogens is 4. The molecule has 3 rings (SSSR count). The average molecular weight is 265 g/mol. The number of benzene rings is 1. The van der Waals surface area contributed by atoms with Crippen molar-refractivity contribution in [2.24, 2.45) is 7.05 Å². The summed E-state index contributed by atoms with van der Waals surface area (Å²) in [5.41, 5.74) is 9.66. The van der Waals surface area contributed by atoms with E-state index in [2.05, 4.69) is 15.1 Å². The normalized spacial score (nSPS) is 10.7. The molecule has 2 N–H and O–H groups in total. The molecule has 0 unspecified atom stereocenters. The fraction of sp³-hybridized carbons (Fsp3) is 0.133. The highest BCUT2D eigenvalue weighted by atomic mass is 15.3. The SMILES string of the molecule is Cc1c(-c2nc(N)cc(-c3ccccc3)n2)cnn1C.